The summed E-state index contributed by atoms with van der Waals surface area (Å²) in [6.07, 6.45) is 1.30. The number of carbonyl (C=O) groups is 1. The summed E-state index contributed by atoms with van der Waals surface area (Å²) in [7, 11) is 0. The largest absolute Gasteiger partial charge is 0.476 e. The highest BCUT2D eigenvalue weighted by molar-refractivity contribution is 7.13. The molecule has 0 aromatic carbocycles. The third kappa shape index (κ3) is 3.17. The minimum Gasteiger partial charge on any atom is -0.476 e. The summed E-state index contributed by atoms with van der Waals surface area (Å²) in [6, 6.07) is 0. The van der Waals surface area contributed by atoms with Gasteiger partial charge in [0.2, 0.25) is 5.71 Å². The Bertz CT molecular complexity index is 454. The number of aromatic nitrogens is 1. The molecular weight excluding hydrogens is 258 g/mol. The number of aliphatic carboxylic acids is 1. The van der Waals surface area contributed by atoms with E-state index in [9.17, 15) is 4.79 Å². The van der Waals surface area contributed by atoms with Crippen molar-refractivity contribution in [1.82, 2.24) is 4.98 Å². The van der Waals surface area contributed by atoms with Gasteiger partial charge in [-0.15, -0.1) is 11.3 Å². The second-order valence-electron chi connectivity index (χ2n) is 3.73. The number of hydrogen-bond donors (Lipinski definition) is 2. The van der Waals surface area contributed by atoms with Gasteiger partial charge in [-0.05, 0) is 0 Å². The highest BCUT2D eigenvalue weighted by Gasteiger charge is 2.20. The molecule has 0 atom stereocenters. The summed E-state index contributed by atoms with van der Waals surface area (Å²) in [4.78, 5) is 20.2. The molecule has 18 heavy (non-hydrogen) atoms. The van der Waals surface area contributed by atoms with Gasteiger partial charge in [-0.1, -0.05) is 5.16 Å². The van der Waals surface area contributed by atoms with Crippen LogP contribution in [0.4, 0.5) is 5.13 Å². The Morgan fingerprint density at radius 3 is 2.89 bits per heavy atom. The molecule has 2 heterocycles. The minimum atomic E-state index is -1.19. The van der Waals surface area contributed by atoms with E-state index in [-0.39, 0.29) is 17.5 Å². The Morgan fingerprint density at radius 1 is 1.61 bits per heavy atom. The van der Waals surface area contributed by atoms with Crippen LogP contribution >= 0.6 is 11.3 Å². The number of hydrogen-bond acceptors (Lipinski definition) is 7. The average Bonchev–Trinajstić information content (AvgIpc) is 2.77. The van der Waals surface area contributed by atoms with Gasteiger partial charge in [0, 0.05) is 18.2 Å². The Labute approximate surface area is 107 Å². The van der Waals surface area contributed by atoms with Crippen LogP contribution in [-0.4, -0.2) is 41.1 Å². The molecule has 1 aliphatic rings. The summed E-state index contributed by atoms with van der Waals surface area (Å²) in [6.45, 7) is 1.21. The van der Waals surface area contributed by atoms with Crippen LogP contribution in [0.2, 0.25) is 0 Å². The number of carboxylic acids is 1. The fourth-order valence-corrected chi connectivity index (χ4v) is 2.05. The Kier molecular flexibility index (Phi) is 4.11. The molecule has 3 N–H and O–H groups in total. The summed E-state index contributed by atoms with van der Waals surface area (Å²) in [5, 5.41) is 14.6. The highest BCUT2D eigenvalue weighted by Crippen LogP contribution is 2.14. The van der Waals surface area contributed by atoms with Crippen molar-refractivity contribution in [2.24, 2.45) is 5.16 Å². The van der Waals surface area contributed by atoms with Gasteiger partial charge in [-0.25, -0.2) is 9.78 Å². The van der Waals surface area contributed by atoms with E-state index in [0.717, 1.165) is 11.3 Å². The number of nitrogens with zero attached hydrogens (tertiary/aromatic N) is 2. The molecule has 0 radical (unpaired) electrons. The van der Waals surface area contributed by atoms with Crippen molar-refractivity contribution in [2.75, 3.05) is 18.9 Å². The first kappa shape index (κ1) is 12.8. The fourth-order valence-electron chi connectivity index (χ4n) is 1.50. The molecule has 1 saturated heterocycles. The Morgan fingerprint density at radius 2 is 2.33 bits per heavy atom. The van der Waals surface area contributed by atoms with E-state index in [4.69, 9.17) is 20.4 Å². The number of rotatable bonds is 4. The Balaban J connectivity index is 2.07. The normalized spacial score (nSPS) is 17.7. The van der Waals surface area contributed by atoms with Crippen molar-refractivity contribution in [2.45, 2.75) is 18.9 Å². The second-order valence-corrected chi connectivity index (χ2v) is 4.62. The lowest BCUT2D eigenvalue weighted by atomic mass is 10.2. The summed E-state index contributed by atoms with van der Waals surface area (Å²) >= 11 is 1.16. The maximum atomic E-state index is 11.1. The number of thiazole rings is 1. The molecule has 0 saturated carbocycles. The molecule has 1 aliphatic heterocycles. The van der Waals surface area contributed by atoms with Gasteiger partial charge in [0.05, 0.1) is 13.2 Å². The molecule has 0 amide bonds. The molecule has 0 bridgehead atoms. The zero-order valence-electron chi connectivity index (χ0n) is 9.54. The van der Waals surface area contributed by atoms with Crippen LogP contribution in [-0.2, 0) is 14.4 Å². The zero-order valence-corrected chi connectivity index (χ0v) is 10.4. The van der Waals surface area contributed by atoms with E-state index < -0.39 is 5.97 Å². The van der Waals surface area contributed by atoms with Crippen molar-refractivity contribution >= 4 is 28.1 Å². The second kappa shape index (κ2) is 5.78. The molecule has 2 rings (SSSR count). The molecular formula is C10H13N3O4S. The predicted molar refractivity (Wildman–Crippen MR) is 65.6 cm³/mol. The fraction of sp³-hybridized carbons (Fsp3) is 0.500. The van der Waals surface area contributed by atoms with E-state index in [0.29, 0.717) is 31.2 Å². The monoisotopic (exact) mass is 271 g/mol. The van der Waals surface area contributed by atoms with Gasteiger partial charge in [0.1, 0.15) is 11.8 Å². The maximum absolute atomic E-state index is 11.1. The lowest BCUT2D eigenvalue weighted by molar-refractivity contribution is -0.129. The lowest BCUT2D eigenvalue weighted by Gasteiger charge is -2.19. The number of oxime groups is 1. The van der Waals surface area contributed by atoms with Crippen molar-refractivity contribution in [1.29, 1.82) is 0 Å². The van der Waals surface area contributed by atoms with E-state index in [2.05, 4.69) is 10.1 Å². The van der Waals surface area contributed by atoms with Crippen molar-refractivity contribution in [3.63, 3.8) is 0 Å². The van der Waals surface area contributed by atoms with Gasteiger partial charge in [-0.3, -0.25) is 0 Å². The van der Waals surface area contributed by atoms with E-state index in [1.54, 1.807) is 0 Å². The predicted octanol–water partition coefficient (Wildman–Crippen LogP) is 0.710. The van der Waals surface area contributed by atoms with E-state index >= 15 is 0 Å². The van der Waals surface area contributed by atoms with E-state index in [1.165, 1.54) is 5.38 Å². The van der Waals surface area contributed by atoms with Crippen LogP contribution in [0.5, 0.6) is 0 Å². The molecule has 0 aliphatic carbocycles. The van der Waals surface area contributed by atoms with Crippen molar-refractivity contribution in [3.05, 3.63) is 11.1 Å². The first-order valence-corrected chi connectivity index (χ1v) is 6.31. The van der Waals surface area contributed by atoms with Gasteiger partial charge >= 0.3 is 5.97 Å². The number of ether oxygens (including phenoxy) is 1. The molecule has 98 valence electrons. The van der Waals surface area contributed by atoms with Crippen molar-refractivity contribution < 1.29 is 19.5 Å². The Hall–Kier alpha value is -1.67. The third-order valence-corrected chi connectivity index (χ3v) is 3.10. The minimum absolute atomic E-state index is 0.107. The van der Waals surface area contributed by atoms with Gasteiger partial charge in [0.15, 0.2) is 5.13 Å². The smallest absolute Gasteiger partial charge is 0.360 e. The molecule has 1 aromatic rings. The van der Waals surface area contributed by atoms with Crippen LogP contribution in [0.15, 0.2) is 10.5 Å². The number of nitrogen functional groups attached to an aromatic ring is 1. The first-order chi connectivity index (χ1) is 8.66. The standard InChI is InChI=1S/C10H13N3O4S/c11-10-12-7(5-18-10)8(9(14)15)13-17-6-1-3-16-4-2-6/h5-6H,1-4H2,(H2,11,12)(H,14,15)/b13-8-. The number of nitrogens with two attached hydrogens (primary N) is 1. The topological polar surface area (TPSA) is 107 Å². The van der Waals surface area contributed by atoms with E-state index in [1.807, 2.05) is 0 Å². The average molecular weight is 271 g/mol. The van der Waals surface area contributed by atoms with Crippen LogP contribution in [0, 0.1) is 0 Å². The summed E-state index contributed by atoms with van der Waals surface area (Å²) in [5.41, 5.74) is 5.45. The summed E-state index contributed by atoms with van der Waals surface area (Å²) < 4.78 is 5.17. The van der Waals surface area contributed by atoms with Crippen LogP contribution < -0.4 is 5.73 Å². The third-order valence-electron chi connectivity index (χ3n) is 2.43. The molecule has 0 unspecified atom stereocenters. The van der Waals surface area contributed by atoms with Crippen LogP contribution in [0.25, 0.3) is 0 Å². The number of anilines is 1. The van der Waals surface area contributed by atoms with Gasteiger partial charge < -0.3 is 20.4 Å². The van der Waals surface area contributed by atoms with Crippen molar-refractivity contribution in [3.8, 4) is 0 Å². The van der Waals surface area contributed by atoms with Gasteiger partial charge in [-0.2, -0.15) is 0 Å². The lowest BCUT2D eigenvalue weighted by Crippen LogP contribution is -2.23. The maximum Gasteiger partial charge on any atom is 0.360 e. The summed E-state index contributed by atoms with van der Waals surface area (Å²) in [5.74, 6) is -1.19. The zero-order chi connectivity index (χ0) is 13.0. The van der Waals surface area contributed by atoms with Crippen LogP contribution in [0.3, 0.4) is 0 Å². The van der Waals surface area contributed by atoms with Crippen LogP contribution in [0.1, 0.15) is 18.5 Å². The molecule has 0 spiro atoms. The SMILES string of the molecule is Nc1nc(/C(=N/OC2CCOCC2)C(=O)O)cs1. The molecule has 7 nitrogen and oxygen atoms in total. The quantitative estimate of drug-likeness (QED) is 0.617. The molecule has 8 heteroatoms. The van der Waals surface area contributed by atoms with Gasteiger partial charge in [0.25, 0.3) is 0 Å². The highest BCUT2D eigenvalue weighted by atomic mass is 32.1. The number of carboxylic acid groups (broad SMARTS) is 1. The molecule has 1 aromatic heterocycles. The molecule has 1 fully saturated rings. The first-order valence-electron chi connectivity index (χ1n) is 5.43.